The summed E-state index contributed by atoms with van der Waals surface area (Å²) in [5.74, 6) is -0.423. The Bertz CT molecular complexity index is 443. The number of carbonyl (C=O) groups excluding carboxylic acids is 1. The molecule has 0 atom stereocenters. The number of halogens is 2. The molecule has 1 aliphatic rings. The molecule has 0 heterocycles. The second-order valence-electron chi connectivity index (χ2n) is 4.78. The fourth-order valence-electron chi connectivity index (χ4n) is 1.78. The molecule has 1 fully saturated rings. The van der Waals surface area contributed by atoms with E-state index in [0.29, 0.717) is 17.7 Å². The van der Waals surface area contributed by atoms with E-state index >= 15 is 0 Å². The van der Waals surface area contributed by atoms with E-state index in [1.54, 1.807) is 6.92 Å². The van der Waals surface area contributed by atoms with Crippen LogP contribution in [0.2, 0.25) is 0 Å². The van der Waals surface area contributed by atoms with Crippen LogP contribution in [-0.4, -0.2) is 17.8 Å². The van der Waals surface area contributed by atoms with Crippen molar-refractivity contribution in [3.8, 4) is 0 Å². The molecule has 0 unspecified atom stereocenters. The third-order valence-corrected chi connectivity index (χ3v) is 4.49. The summed E-state index contributed by atoms with van der Waals surface area (Å²) in [7, 11) is 0. The van der Waals surface area contributed by atoms with Crippen LogP contribution >= 0.6 is 15.9 Å². The zero-order chi connectivity index (χ0) is 12.5. The van der Waals surface area contributed by atoms with Crippen molar-refractivity contribution in [2.45, 2.75) is 19.8 Å². The van der Waals surface area contributed by atoms with Crippen LogP contribution in [0, 0.1) is 18.2 Å². The molecule has 17 heavy (non-hydrogen) atoms. The van der Waals surface area contributed by atoms with E-state index in [4.69, 9.17) is 0 Å². The average Bonchev–Trinajstić information content (AvgIpc) is 3.07. The molecule has 1 N–H and O–H groups in total. The van der Waals surface area contributed by atoms with Gasteiger partial charge in [0.25, 0.3) is 5.91 Å². The van der Waals surface area contributed by atoms with Gasteiger partial charge in [-0.15, -0.1) is 0 Å². The molecule has 0 radical (unpaired) electrons. The maximum absolute atomic E-state index is 12.9. The summed E-state index contributed by atoms with van der Waals surface area (Å²) < 4.78 is 12.9. The van der Waals surface area contributed by atoms with E-state index in [9.17, 15) is 9.18 Å². The third-order valence-electron chi connectivity index (χ3n) is 3.30. The molecule has 0 aromatic heterocycles. The Morgan fingerprint density at radius 2 is 2.24 bits per heavy atom. The predicted octanol–water partition coefficient (Wildman–Crippen LogP) is 3.04. The number of alkyl halides is 1. The van der Waals surface area contributed by atoms with Crippen LogP contribution in [0.5, 0.6) is 0 Å². The maximum atomic E-state index is 12.9. The van der Waals surface area contributed by atoms with Crippen LogP contribution in [0.4, 0.5) is 4.39 Å². The number of aryl methyl sites for hydroxylation is 1. The quantitative estimate of drug-likeness (QED) is 0.851. The fourth-order valence-corrected chi connectivity index (χ4v) is 2.54. The topological polar surface area (TPSA) is 29.1 Å². The average molecular weight is 300 g/mol. The molecule has 1 aromatic carbocycles. The summed E-state index contributed by atoms with van der Waals surface area (Å²) in [6.07, 6.45) is 2.31. The van der Waals surface area contributed by atoms with Gasteiger partial charge >= 0.3 is 0 Å². The van der Waals surface area contributed by atoms with Gasteiger partial charge in [-0.1, -0.05) is 15.9 Å². The summed E-state index contributed by atoms with van der Waals surface area (Å²) in [6, 6.07) is 4.24. The monoisotopic (exact) mass is 299 g/mol. The zero-order valence-corrected chi connectivity index (χ0v) is 11.3. The molecule has 92 valence electrons. The molecule has 1 aliphatic carbocycles. The van der Waals surface area contributed by atoms with Crippen molar-refractivity contribution >= 4 is 21.8 Å². The van der Waals surface area contributed by atoms with E-state index in [0.717, 1.165) is 18.2 Å². The molecule has 1 aromatic rings. The fraction of sp³-hybridized carbons (Fsp3) is 0.462. The van der Waals surface area contributed by atoms with Crippen molar-refractivity contribution < 1.29 is 9.18 Å². The van der Waals surface area contributed by atoms with Crippen LogP contribution < -0.4 is 5.32 Å². The largest absolute Gasteiger partial charge is 0.351 e. The molecule has 0 spiro atoms. The first-order valence-corrected chi connectivity index (χ1v) is 6.79. The Balaban J connectivity index is 2.00. The zero-order valence-electron chi connectivity index (χ0n) is 9.72. The van der Waals surface area contributed by atoms with Crippen molar-refractivity contribution in [2.75, 3.05) is 11.9 Å². The van der Waals surface area contributed by atoms with Crippen LogP contribution in [0.15, 0.2) is 18.2 Å². The number of carbonyl (C=O) groups is 1. The van der Waals surface area contributed by atoms with Gasteiger partial charge in [0.2, 0.25) is 0 Å². The molecule has 0 saturated heterocycles. The molecule has 4 heteroatoms. The number of nitrogens with one attached hydrogen (secondary N) is 1. The number of rotatable bonds is 4. The van der Waals surface area contributed by atoms with E-state index in [1.807, 2.05) is 0 Å². The van der Waals surface area contributed by atoms with Gasteiger partial charge in [-0.05, 0) is 48.9 Å². The van der Waals surface area contributed by atoms with Crippen molar-refractivity contribution in [3.63, 3.8) is 0 Å². The van der Waals surface area contributed by atoms with Crippen LogP contribution in [0.3, 0.4) is 0 Å². The standard InChI is InChI=1S/C13H15BrFNO/c1-9-6-10(15)2-3-11(9)12(17)16-8-13(7-14)4-5-13/h2-3,6H,4-5,7-8H2,1H3,(H,16,17). The highest BCUT2D eigenvalue weighted by atomic mass is 79.9. The first-order valence-electron chi connectivity index (χ1n) is 5.67. The van der Waals surface area contributed by atoms with E-state index in [2.05, 4.69) is 21.2 Å². The number of hydrogen-bond acceptors (Lipinski definition) is 1. The summed E-state index contributed by atoms with van der Waals surface area (Å²) in [5.41, 5.74) is 1.48. The van der Waals surface area contributed by atoms with Crippen LogP contribution in [0.25, 0.3) is 0 Å². The molecule has 0 aliphatic heterocycles. The van der Waals surface area contributed by atoms with Crippen molar-refractivity contribution in [1.82, 2.24) is 5.32 Å². The highest BCUT2D eigenvalue weighted by Crippen LogP contribution is 2.46. The summed E-state index contributed by atoms with van der Waals surface area (Å²) in [5, 5.41) is 3.84. The van der Waals surface area contributed by atoms with Crippen molar-refractivity contribution in [2.24, 2.45) is 5.41 Å². The van der Waals surface area contributed by atoms with Crippen LogP contribution in [0.1, 0.15) is 28.8 Å². The molecular weight excluding hydrogens is 285 g/mol. The Morgan fingerprint density at radius 1 is 1.53 bits per heavy atom. The van der Waals surface area contributed by atoms with Gasteiger partial charge in [-0.25, -0.2) is 4.39 Å². The van der Waals surface area contributed by atoms with Gasteiger partial charge < -0.3 is 5.32 Å². The van der Waals surface area contributed by atoms with Crippen LogP contribution in [-0.2, 0) is 0 Å². The third kappa shape index (κ3) is 2.86. The van der Waals surface area contributed by atoms with Gasteiger partial charge in [0.1, 0.15) is 5.82 Å². The molecule has 1 saturated carbocycles. The number of benzene rings is 1. The summed E-state index contributed by atoms with van der Waals surface area (Å²) in [4.78, 5) is 11.9. The Kier molecular flexibility index (Phi) is 3.52. The highest BCUT2D eigenvalue weighted by Gasteiger charge is 2.41. The van der Waals surface area contributed by atoms with E-state index in [-0.39, 0.29) is 17.1 Å². The molecule has 2 nitrogen and oxygen atoms in total. The first kappa shape index (κ1) is 12.6. The van der Waals surface area contributed by atoms with Crippen molar-refractivity contribution in [3.05, 3.63) is 35.1 Å². The second-order valence-corrected chi connectivity index (χ2v) is 5.34. The lowest BCUT2D eigenvalue weighted by molar-refractivity contribution is 0.0946. The van der Waals surface area contributed by atoms with E-state index < -0.39 is 0 Å². The normalized spacial score (nSPS) is 16.6. The van der Waals surface area contributed by atoms with Gasteiger partial charge in [0.05, 0.1) is 0 Å². The lowest BCUT2D eigenvalue weighted by Gasteiger charge is -2.13. The smallest absolute Gasteiger partial charge is 0.251 e. The lowest BCUT2D eigenvalue weighted by Crippen LogP contribution is -2.31. The Hall–Kier alpha value is -0.900. The van der Waals surface area contributed by atoms with Gasteiger partial charge in [-0.3, -0.25) is 4.79 Å². The molecule has 0 bridgehead atoms. The van der Waals surface area contributed by atoms with Crippen molar-refractivity contribution in [1.29, 1.82) is 0 Å². The SMILES string of the molecule is Cc1cc(F)ccc1C(=O)NCC1(CBr)CC1. The lowest BCUT2D eigenvalue weighted by atomic mass is 10.1. The molecule has 2 rings (SSSR count). The van der Waals surface area contributed by atoms with Gasteiger partial charge in [-0.2, -0.15) is 0 Å². The van der Waals surface area contributed by atoms with Gasteiger partial charge in [0.15, 0.2) is 0 Å². The second kappa shape index (κ2) is 4.77. The molecule has 1 amide bonds. The molecular formula is C13H15BrFNO. The van der Waals surface area contributed by atoms with Gasteiger partial charge in [0, 0.05) is 17.4 Å². The first-order chi connectivity index (χ1) is 8.06. The minimum absolute atomic E-state index is 0.116. The minimum Gasteiger partial charge on any atom is -0.351 e. The minimum atomic E-state index is -0.307. The Labute approximate surface area is 109 Å². The summed E-state index contributed by atoms with van der Waals surface area (Å²) in [6.45, 7) is 2.43. The maximum Gasteiger partial charge on any atom is 0.251 e. The summed E-state index contributed by atoms with van der Waals surface area (Å²) >= 11 is 3.46. The van der Waals surface area contributed by atoms with E-state index in [1.165, 1.54) is 18.2 Å². The number of amides is 1. The predicted molar refractivity (Wildman–Crippen MR) is 68.9 cm³/mol. The Morgan fingerprint density at radius 3 is 2.76 bits per heavy atom. The highest BCUT2D eigenvalue weighted by molar-refractivity contribution is 9.09. The number of hydrogen-bond donors (Lipinski definition) is 1.